The van der Waals surface area contributed by atoms with Crippen LogP contribution in [0, 0.1) is 0 Å². The molecule has 1 saturated heterocycles. The summed E-state index contributed by atoms with van der Waals surface area (Å²) < 4.78 is 6.88. The molecule has 0 aliphatic carbocycles. The zero-order valence-electron chi connectivity index (χ0n) is 20.7. The van der Waals surface area contributed by atoms with Gasteiger partial charge in [-0.05, 0) is 29.2 Å². The number of hydrogen-bond acceptors (Lipinski definition) is 3. The molecular formula is C30H33NO3Si. The summed E-state index contributed by atoms with van der Waals surface area (Å²) in [6.07, 6.45) is 2.54. The predicted octanol–water partition coefficient (Wildman–Crippen LogP) is 5.95. The third-order valence-electron chi connectivity index (χ3n) is 6.32. The molecule has 1 aliphatic heterocycles. The van der Waals surface area contributed by atoms with Crippen LogP contribution in [0.25, 0.3) is 0 Å². The summed E-state index contributed by atoms with van der Waals surface area (Å²) in [5.41, 5.74) is 4.11. The molecule has 4 rings (SSSR count). The van der Waals surface area contributed by atoms with Gasteiger partial charge >= 0.3 is 0 Å². The summed E-state index contributed by atoms with van der Waals surface area (Å²) in [6, 6.07) is 30.1. The first kappa shape index (κ1) is 24.8. The fourth-order valence-electron chi connectivity index (χ4n) is 4.60. The number of benzene rings is 3. The highest BCUT2D eigenvalue weighted by Gasteiger charge is 2.41. The van der Waals surface area contributed by atoms with Crippen molar-refractivity contribution in [3.63, 3.8) is 0 Å². The minimum Gasteiger partial charge on any atom is -0.359 e. The zero-order valence-corrected chi connectivity index (χ0v) is 21.7. The van der Waals surface area contributed by atoms with E-state index < -0.39 is 13.7 Å². The molecule has 35 heavy (non-hydrogen) atoms. The lowest BCUT2D eigenvalue weighted by Gasteiger charge is -2.37. The van der Waals surface area contributed by atoms with Crippen LogP contribution in [0.5, 0.6) is 0 Å². The van der Waals surface area contributed by atoms with Crippen LogP contribution >= 0.6 is 0 Å². The third kappa shape index (κ3) is 5.52. The molecule has 3 aromatic rings. The summed E-state index contributed by atoms with van der Waals surface area (Å²) in [6.45, 7) is 6.74. The fraction of sp³-hybridized carbons (Fsp3) is 0.267. The Morgan fingerprint density at radius 3 is 1.77 bits per heavy atom. The van der Waals surface area contributed by atoms with Gasteiger partial charge in [0.05, 0.1) is 20.7 Å². The van der Waals surface area contributed by atoms with E-state index in [0.29, 0.717) is 12.8 Å². The van der Waals surface area contributed by atoms with E-state index in [1.807, 2.05) is 60.3 Å². The minimum atomic E-state index is -1.57. The van der Waals surface area contributed by atoms with Crippen molar-refractivity contribution in [2.45, 2.75) is 44.1 Å². The van der Waals surface area contributed by atoms with E-state index in [1.165, 1.54) is 4.90 Å². The fourth-order valence-corrected chi connectivity index (χ4v) is 5.24. The first-order chi connectivity index (χ1) is 16.8. The molecule has 3 aromatic carbocycles. The molecule has 0 saturated carbocycles. The van der Waals surface area contributed by atoms with Gasteiger partial charge in [-0.3, -0.25) is 14.5 Å². The summed E-state index contributed by atoms with van der Waals surface area (Å²) in [5.74, 6) is -0.373. The average Bonchev–Trinajstić information content (AvgIpc) is 3.25. The van der Waals surface area contributed by atoms with Gasteiger partial charge in [0.25, 0.3) is 5.91 Å². The SMILES string of the molecule is C[Si](C)(C)/C=C/C(=O)N1C(=O)CC[C@H]1COC(c1ccccc1)(c1ccccc1)c1ccccc1. The van der Waals surface area contributed by atoms with Gasteiger partial charge in [0, 0.05) is 6.42 Å². The van der Waals surface area contributed by atoms with Crippen molar-refractivity contribution in [1.29, 1.82) is 0 Å². The zero-order chi connectivity index (χ0) is 24.9. The summed E-state index contributed by atoms with van der Waals surface area (Å²) in [7, 11) is -1.57. The largest absolute Gasteiger partial charge is 0.359 e. The Bertz CT molecular complexity index is 1070. The molecule has 1 fully saturated rings. The average molecular weight is 484 g/mol. The van der Waals surface area contributed by atoms with Crippen LogP contribution < -0.4 is 0 Å². The van der Waals surface area contributed by atoms with E-state index in [2.05, 4.69) is 56.0 Å². The van der Waals surface area contributed by atoms with Crippen molar-refractivity contribution >= 4 is 19.9 Å². The van der Waals surface area contributed by atoms with Gasteiger partial charge in [-0.2, -0.15) is 0 Å². The maximum Gasteiger partial charge on any atom is 0.252 e. The number of likely N-dealkylation sites (tertiary alicyclic amines) is 1. The lowest BCUT2D eigenvalue weighted by Crippen LogP contribution is -2.43. The number of carbonyl (C=O) groups is 2. The molecule has 1 aliphatic rings. The van der Waals surface area contributed by atoms with Crippen molar-refractivity contribution in [3.05, 3.63) is 119 Å². The quantitative estimate of drug-likeness (QED) is 0.226. The lowest BCUT2D eigenvalue weighted by molar-refractivity contribution is -0.142. The van der Waals surface area contributed by atoms with E-state index in [0.717, 1.165) is 16.7 Å². The van der Waals surface area contributed by atoms with E-state index in [1.54, 1.807) is 6.08 Å². The first-order valence-corrected chi connectivity index (χ1v) is 15.7. The highest BCUT2D eigenvalue weighted by Crippen LogP contribution is 2.41. The van der Waals surface area contributed by atoms with Gasteiger partial charge < -0.3 is 4.74 Å². The Morgan fingerprint density at radius 1 is 0.886 bits per heavy atom. The minimum absolute atomic E-state index is 0.131. The Hall–Kier alpha value is -3.28. The van der Waals surface area contributed by atoms with E-state index in [9.17, 15) is 9.59 Å². The molecule has 0 bridgehead atoms. The van der Waals surface area contributed by atoms with E-state index in [4.69, 9.17) is 4.74 Å². The standard InChI is InChI=1S/C30H33NO3Si/c1-35(2,3)22-21-29(33)31-27(19-20-28(31)32)23-34-30(24-13-7-4-8-14-24,25-15-9-5-10-16-25)26-17-11-6-12-18-26/h4-18,21-22,27H,19-20,23H2,1-3H3/b22-21+/t27-/m0/s1. The first-order valence-electron chi connectivity index (χ1n) is 12.2. The van der Waals surface area contributed by atoms with Crippen LogP contribution in [0.3, 0.4) is 0 Å². The topological polar surface area (TPSA) is 46.6 Å². The Kier molecular flexibility index (Phi) is 7.48. The second kappa shape index (κ2) is 10.5. The van der Waals surface area contributed by atoms with Crippen LogP contribution in [-0.2, 0) is 19.9 Å². The molecule has 0 aromatic heterocycles. The Balaban J connectivity index is 1.73. The van der Waals surface area contributed by atoms with Crippen molar-refractivity contribution in [2.75, 3.05) is 6.61 Å². The maximum absolute atomic E-state index is 13.0. The van der Waals surface area contributed by atoms with Crippen LogP contribution in [0.15, 0.2) is 103 Å². The van der Waals surface area contributed by atoms with Gasteiger partial charge in [0.2, 0.25) is 5.91 Å². The molecule has 0 spiro atoms. The number of rotatable bonds is 8. The molecule has 1 atom stereocenters. The van der Waals surface area contributed by atoms with E-state index in [-0.39, 0.29) is 24.5 Å². The molecular weight excluding hydrogens is 450 g/mol. The van der Waals surface area contributed by atoms with E-state index >= 15 is 0 Å². The van der Waals surface area contributed by atoms with Gasteiger partial charge in [-0.1, -0.05) is 116 Å². The summed E-state index contributed by atoms with van der Waals surface area (Å²) in [5, 5.41) is 0. The highest BCUT2D eigenvalue weighted by atomic mass is 28.3. The van der Waals surface area contributed by atoms with Crippen molar-refractivity contribution < 1.29 is 14.3 Å². The summed E-state index contributed by atoms with van der Waals surface area (Å²) in [4.78, 5) is 27.1. The monoisotopic (exact) mass is 483 g/mol. The van der Waals surface area contributed by atoms with Gasteiger partial charge in [-0.25, -0.2) is 0 Å². The van der Waals surface area contributed by atoms with Gasteiger partial charge in [0.1, 0.15) is 5.60 Å². The molecule has 0 unspecified atom stereocenters. The molecule has 1 heterocycles. The van der Waals surface area contributed by atoms with Crippen LogP contribution in [0.2, 0.25) is 19.6 Å². The molecule has 0 N–H and O–H groups in total. The number of hydrogen-bond donors (Lipinski definition) is 0. The number of carbonyl (C=O) groups excluding carboxylic acids is 2. The molecule has 4 nitrogen and oxygen atoms in total. The number of ether oxygens (including phenoxy) is 1. The van der Waals surface area contributed by atoms with Crippen LogP contribution in [0.1, 0.15) is 29.5 Å². The number of imide groups is 1. The second-order valence-corrected chi connectivity index (χ2v) is 15.1. The molecule has 2 amide bonds. The van der Waals surface area contributed by atoms with Crippen molar-refractivity contribution in [1.82, 2.24) is 4.90 Å². The molecule has 5 heteroatoms. The number of nitrogens with zero attached hydrogens (tertiary/aromatic N) is 1. The predicted molar refractivity (Wildman–Crippen MR) is 143 cm³/mol. The van der Waals surface area contributed by atoms with Crippen molar-refractivity contribution in [2.24, 2.45) is 0 Å². The lowest BCUT2D eigenvalue weighted by atomic mass is 9.80. The van der Waals surface area contributed by atoms with Crippen LogP contribution in [-0.4, -0.2) is 37.4 Å². The smallest absolute Gasteiger partial charge is 0.252 e. The van der Waals surface area contributed by atoms with Crippen molar-refractivity contribution in [3.8, 4) is 0 Å². The second-order valence-electron chi connectivity index (χ2n) is 10.1. The Labute approximate surface area is 209 Å². The normalized spacial score (nSPS) is 16.7. The number of amides is 2. The van der Waals surface area contributed by atoms with Gasteiger partial charge in [0.15, 0.2) is 0 Å². The highest BCUT2D eigenvalue weighted by molar-refractivity contribution is 6.81. The van der Waals surface area contributed by atoms with Gasteiger partial charge in [-0.15, -0.1) is 0 Å². The summed E-state index contributed by atoms with van der Waals surface area (Å²) >= 11 is 0. The van der Waals surface area contributed by atoms with Crippen LogP contribution in [0.4, 0.5) is 0 Å². The Morgan fingerprint density at radius 2 is 1.34 bits per heavy atom. The molecule has 180 valence electrons. The third-order valence-corrected chi connectivity index (χ3v) is 7.49. The maximum atomic E-state index is 13.0. The molecule has 0 radical (unpaired) electrons.